The second-order valence-corrected chi connectivity index (χ2v) is 4.95. The summed E-state index contributed by atoms with van der Waals surface area (Å²) in [4.78, 5) is 10.8. The fraction of sp³-hybridized carbons (Fsp3) is 0.900. The van der Waals surface area contributed by atoms with Crippen LogP contribution in [0.1, 0.15) is 41.0 Å². The minimum absolute atomic E-state index is 0.104. The van der Waals surface area contributed by atoms with E-state index in [2.05, 4.69) is 20.8 Å². The highest BCUT2D eigenvalue weighted by atomic mass is 16.4. The molecule has 1 atom stereocenters. The Balaban J connectivity index is 4.25. The Bertz CT molecular complexity index is 154. The Hall–Kier alpha value is -0.530. The molecule has 0 aromatic rings. The summed E-state index contributed by atoms with van der Waals surface area (Å²) in [5, 5.41) is 8.91. The molecular weight excluding hydrogens is 152 g/mol. The Kier molecular flexibility index (Phi) is 3.75. The molecule has 0 amide bonds. The summed E-state index contributed by atoms with van der Waals surface area (Å²) in [6, 6.07) is 0. The van der Waals surface area contributed by atoms with Gasteiger partial charge in [0.1, 0.15) is 0 Å². The highest BCUT2D eigenvalue weighted by molar-refractivity contribution is 5.70. The molecule has 0 saturated carbocycles. The summed E-state index contributed by atoms with van der Waals surface area (Å²) in [5.74, 6) is -0.647. The van der Waals surface area contributed by atoms with Gasteiger partial charge in [0.15, 0.2) is 0 Å². The van der Waals surface area contributed by atoms with Crippen LogP contribution in [0.25, 0.3) is 0 Å². The lowest BCUT2D eigenvalue weighted by Gasteiger charge is -2.25. The Morgan fingerprint density at radius 3 is 1.83 bits per heavy atom. The van der Waals surface area contributed by atoms with Crippen molar-refractivity contribution in [2.75, 3.05) is 0 Å². The predicted molar refractivity (Wildman–Crippen MR) is 50.0 cm³/mol. The van der Waals surface area contributed by atoms with E-state index in [1.165, 1.54) is 0 Å². The summed E-state index contributed by atoms with van der Waals surface area (Å²) in [6.45, 7) is 10.1. The lowest BCUT2D eigenvalue weighted by molar-refractivity contribution is -0.144. The van der Waals surface area contributed by atoms with Crippen LogP contribution in [-0.4, -0.2) is 11.1 Å². The first-order chi connectivity index (χ1) is 5.24. The summed E-state index contributed by atoms with van der Waals surface area (Å²) in [7, 11) is 0. The van der Waals surface area contributed by atoms with E-state index < -0.39 is 5.97 Å². The number of aliphatic carboxylic acids is 1. The quantitative estimate of drug-likeness (QED) is 0.710. The van der Waals surface area contributed by atoms with Crippen molar-refractivity contribution in [3.05, 3.63) is 0 Å². The van der Waals surface area contributed by atoms with Gasteiger partial charge < -0.3 is 5.11 Å². The SMILES string of the molecule is CC(C)C(CC(C)(C)C)C(=O)O. The molecule has 0 radical (unpaired) electrons. The molecule has 0 bridgehead atoms. The van der Waals surface area contributed by atoms with Crippen molar-refractivity contribution in [1.82, 2.24) is 0 Å². The third kappa shape index (κ3) is 4.37. The molecule has 1 unspecified atom stereocenters. The predicted octanol–water partition coefficient (Wildman–Crippen LogP) is 2.78. The zero-order valence-electron chi connectivity index (χ0n) is 8.72. The number of carboxylic acids is 1. The molecule has 0 aliphatic rings. The molecule has 0 saturated heterocycles. The van der Waals surface area contributed by atoms with Crippen LogP contribution in [0.15, 0.2) is 0 Å². The molecule has 2 heteroatoms. The Labute approximate surface area is 75.0 Å². The van der Waals surface area contributed by atoms with Crippen molar-refractivity contribution in [1.29, 1.82) is 0 Å². The molecule has 0 aliphatic carbocycles. The van der Waals surface area contributed by atoms with Gasteiger partial charge in [0.25, 0.3) is 0 Å². The van der Waals surface area contributed by atoms with Crippen molar-refractivity contribution in [3.63, 3.8) is 0 Å². The van der Waals surface area contributed by atoms with Crippen molar-refractivity contribution in [3.8, 4) is 0 Å². The smallest absolute Gasteiger partial charge is 0.306 e. The van der Waals surface area contributed by atoms with E-state index in [4.69, 9.17) is 5.11 Å². The zero-order valence-corrected chi connectivity index (χ0v) is 8.72. The van der Waals surface area contributed by atoms with Gasteiger partial charge in [-0.3, -0.25) is 4.79 Å². The molecule has 0 heterocycles. The normalized spacial score (nSPS) is 14.8. The van der Waals surface area contributed by atoms with E-state index in [0.29, 0.717) is 0 Å². The first-order valence-electron chi connectivity index (χ1n) is 4.47. The maximum atomic E-state index is 10.8. The molecule has 0 rings (SSSR count). The lowest BCUT2D eigenvalue weighted by atomic mass is 9.80. The van der Waals surface area contributed by atoms with Gasteiger partial charge in [-0.25, -0.2) is 0 Å². The third-order valence-electron chi connectivity index (χ3n) is 1.95. The fourth-order valence-electron chi connectivity index (χ4n) is 1.27. The third-order valence-corrected chi connectivity index (χ3v) is 1.95. The second-order valence-electron chi connectivity index (χ2n) is 4.95. The first-order valence-corrected chi connectivity index (χ1v) is 4.47. The van der Waals surface area contributed by atoms with Crippen LogP contribution in [-0.2, 0) is 4.79 Å². The Morgan fingerprint density at radius 2 is 1.75 bits per heavy atom. The summed E-state index contributed by atoms with van der Waals surface area (Å²) < 4.78 is 0. The maximum Gasteiger partial charge on any atom is 0.306 e. The molecule has 0 fully saturated rings. The highest BCUT2D eigenvalue weighted by Crippen LogP contribution is 2.28. The molecule has 0 spiro atoms. The molecule has 2 nitrogen and oxygen atoms in total. The molecule has 1 N–H and O–H groups in total. The van der Waals surface area contributed by atoms with E-state index in [1.807, 2.05) is 13.8 Å². The van der Waals surface area contributed by atoms with Crippen LogP contribution < -0.4 is 0 Å². The van der Waals surface area contributed by atoms with Crippen LogP contribution in [0, 0.1) is 17.3 Å². The standard InChI is InChI=1S/C10H20O2/c1-7(2)8(9(11)12)6-10(3,4)5/h7-8H,6H2,1-5H3,(H,11,12). The molecule has 12 heavy (non-hydrogen) atoms. The molecule has 0 aliphatic heterocycles. The number of hydrogen-bond acceptors (Lipinski definition) is 1. The minimum atomic E-state index is -0.667. The van der Waals surface area contributed by atoms with Gasteiger partial charge in [-0.2, -0.15) is 0 Å². The Morgan fingerprint density at radius 1 is 1.33 bits per heavy atom. The van der Waals surface area contributed by atoms with Crippen molar-refractivity contribution in [2.24, 2.45) is 17.3 Å². The highest BCUT2D eigenvalue weighted by Gasteiger charge is 2.26. The van der Waals surface area contributed by atoms with Crippen LogP contribution >= 0.6 is 0 Å². The number of rotatable bonds is 3. The molecular formula is C10H20O2. The zero-order chi connectivity index (χ0) is 9.94. The van der Waals surface area contributed by atoms with Crippen molar-refractivity contribution >= 4 is 5.97 Å². The monoisotopic (exact) mass is 172 g/mol. The van der Waals surface area contributed by atoms with E-state index in [-0.39, 0.29) is 17.3 Å². The first kappa shape index (κ1) is 11.5. The molecule has 0 aromatic carbocycles. The van der Waals surface area contributed by atoms with Gasteiger partial charge >= 0.3 is 5.97 Å². The van der Waals surface area contributed by atoms with Crippen LogP contribution in [0.2, 0.25) is 0 Å². The van der Waals surface area contributed by atoms with E-state index >= 15 is 0 Å². The van der Waals surface area contributed by atoms with Crippen molar-refractivity contribution in [2.45, 2.75) is 41.0 Å². The van der Waals surface area contributed by atoms with Crippen LogP contribution in [0.4, 0.5) is 0 Å². The average Bonchev–Trinajstić information content (AvgIpc) is 1.79. The minimum Gasteiger partial charge on any atom is -0.481 e. The molecule has 0 aromatic heterocycles. The topological polar surface area (TPSA) is 37.3 Å². The van der Waals surface area contributed by atoms with Gasteiger partial charge in [-0.05, 0) is 17.8 Å². The van der Waals surface area contributed by atoms with Gasteiger partial charge in [0, 0.05) is 0 Å². The summed E-state index contributed by atoms with van der Waals surface area (Å²) >= 11 is 0. The maximum absolute atomic E-state index is 10.8. The van der Waals surface area contributed by atoms with E-state index in [0.717, 1.165) is 6.42 Å². The van der Waals surface area contributed by atoms with Crippen molar-refractivity contribution < 1.29 is 9.90 Å². The number of carbonyl (C=O) groups is 1. The van der Waals surface area contributed by atoms with E-state index in [1.54, 1.807) is 0 Å². The van der Waals surface area contributed by atoms with Gasteiger partial charge in [-0.1, -0.05) is 34.6 Å². The van der Waals surface area contributed by atoms with E-state index in [9.17, 15) is 4.79 Å². The summed E-state index contributed by atoms with van der Waals surface area (Å²) in [6.07, 6.45) is 0.750. The number of hydrogen-bond donors (Lipinski definition) is 1. The van der Waals surface area contributed by atoms with Gasteiger partial charge in [0.2, 0.25) is 0 Å². The van der Waals surface area contributed by atoms with Crippen LogP contribution in [0.3, 0.4) is 0 Å². The summed E-state index contributed by atoms with van der Waals surface area (Å²) in [5.41, 5.74) is 0.104. The number of carboxylic acid groups (broad SMARTS) is 1. The molecule has 72 valence electrons. The van der Waals surface area contributed by atoms with Gasteiger partial charge in [0.05, 0.1) is 5.92 Å². The van der Waals surface area contributed by atoms with Crippen LogP contribution in [0.5, 0.6) is 0 Å². The van der Waals surface area contributed by atoms with Gasteiger partial charge in [-0.15, -0.1) is 0 Å². The average molecular weight is 172 g/mol. The lowest BCUT2D eigenvalue weighted by Crippen LogP contribution is -2.25. The largest absolute Gasteiger partial charge is 0.481 e. The second kappa shape index (κ2) is 3.92. The fourth-order valence-corrected chi connectivity index (χ4v) is 1.27.